The van der Waals surface area contributed by atoms with Gasteiger partial charge in [0.25, 0.3) is 0 Å². The molecule has 2 aromatic rings. The van der Waals surface area contributed by atoms with E-state index in [0.29, 0.717) is 13.0 Å². The number of sulfonamides is 1. The van der Waals surface area contributed by atoms with Gasteiger partial charge in [-0.15, -0.1) is 0 Å². The predicted octanol–water partition coefficient (Wildman–Crippen LogP) is 2.60. The number of amides is 1. The second-order valence-corrected chi connectivity index (χ2v) is 8.14. The molecule has 0 saturated carbocycles. The summed E-state index contributed by atoms with van der Waals surface area (Å²) in [4.78, 5) is 13.8. The molecule has 6 heteroatoms. The molecule has 0 aliphatic carbocycles. The third kappa shape index (κ3) is 4.46. The van der Waals surface area contributed by atoms with Crippen LogP contribution in [0.1, 0.15) is 29.5 Å². The van der Waals surface area contributed by atoms with Gasteiger partial charge in [0.2, 0.25) is 15.9 Å². The Kier molecular flexibility index (Phi) is 5.20. The highest BCUT2D eigenvalue weighted by molar-refractivity contribution is 7.89. The molecule has 0 atom stereocenters. The molecule has 1 amide bonds. The summed E-state index contributed by atoms with van der Waals surface area (Å²) in [6.07, 6.45) is 1.57. The Morgan fingerprint density at radius 3 is 2.24 bits per heavy atom. The molecule has 1 fully saturated rings. The van der Waals surface area contributed by atoms with Gasteiger partial charge in [-0.25, -0.2) is 13.1 Å². The zero-order valence-electron chi connectivity index (χ0n) is 14.2. The molecule has 2 aromatic carbocycles. The van der Waals surface area contributed by atoms with Crippen molar-refractivity contribution in [3.63, 3.8) is 0 Å². The third-order valence-corrected chi connectivity index (χ3v) is 5.78. The molecule has 0 radical (unpaired) electrons. The Bertz CT molecular complexity index is 843. The molecule has 1 saturated heterocycles. The summed E-state index contributed by atoms with van der Waals surface area (Å²) < 4.78 is 27.2. The lowest BCUT2D eigenvalue weighted by Crippen LogP contribution is -2.24. The van der Waals surface area contributed by atoms with Crippen LogP contribution in [0.5, 0.6) is 0 Å². The summed E-state index contributed by atoms with van der Waals surface area (Å²) >= 11 is 0. The van der Waals surface area contributed by atoms with Gasteiger partial charge in [-0.1, -0.05) is 42.0 Å². The van der Waals surface area contributed by atoms with Crippen LogP contribution >= 0.6 is 0 Å². The Hall–Kier alpha value is -2.18. The highest BCUT2D eigenvalue weighted by Gasteiger charge is 2.19. The van der Waals surface area contributed by atoms with Crippen LogP contribution in [0.15, 0.2) is 53.4 Å². The standard InChI is InChI=1S/C19H22N2O3S/c1-15-4-10-18(11-5-15)25(23,24)20-13-16-6-8-17(9-7-16)14-21-12-2-3-19(21)22/h4-11,20H,2-3,12-14H2,1H3. The summed E-state index contributed by atoms with van der Waals surface area (Å²) in [6.45, 7) is 3.59. The number of rotatable bonds is 6. The summed E-state index contributed by atoms with van der Waals surface area (Å²) in [5, 5.41) is 0. The largest absolute Gasteiger partial charge is 0.338 e. The van der Waals surface area contributed by atoms with Gasteiger partial charge in [0.05, 0.1) is 4.90 Å². The van der Waals surface area contributed by atoms with Gasteiger partial charge < -0.3 is 4.90 Å². The van der Waals surface area contributed by atoms with E-state index in [1.54, 1.807) is 24.3 Å². The van der Waals surface area contributed by atoms with E-state index in [1.165, 1.54) is 0 Å². The van der Waals surface area contributed by atoms with E-state index < -0.39 is 10.0 Å². The predicted molar refractivity (Wildman–Crippen MR) is 96.3 cm³/mol. The van der Waals surface area contributed by atoms with Crippen molar-refractivity contribution in [3.05, 3.63) is 65.2 Å². The fraction of sp³-hybridized carbons (Fsp3) is 0.316. The van der Waals surface area contributed by atoms with E-state index in [0.717, 1.165) is 29.7 Å². The highest BCUT2D eigenvalue weighted by Crippen LogP contribution is 2.15. The molecule has 1 N–H and O–H groups in total. The highest BCUT2D eigenvalue weighted by atomic mass is 32.2. The van der Waals surface area contributed by atoms with Gasteiger partial charge in [0, 0.05) is 26.1 Å². The van der Waals surface area contributed by atoms with Gasteiger partial charge in [-0.05, 0) is 36.6 Å². The monoisotopic (exact) mass is 358 g/mol. The second kappa shape index (κ2) is 7.37. The Labute approximate surface area is 148 Å². The van der Waals surface area contributed by atoms with Crippen molar-refractivity contribution in [1.29, 1.82) is 0 Å². The van der Waals surface area contributed by atoms with Gasteiger partial charge in [0.1, 0.15) is 0 Å². The van der Waals surface area contributed by atoms with Crippen molar-refractivity contribution < 1.29 is 13.2 Å². The minimum Gasteiger partial charge on any atom is -0.338 e. The lowest BCUT2D eigenvalue weighted by Gasteiger charge is -2.15. The van der Waals surface area contributed by atoms with Crippen LogP contribution in [-0.2, 0) is 27.9 Å². The van der Waals surface area contributed by atoms with E-state index >= 15 is 0 Å². The van der Waals surface area contributed by atoms with Crippen LogP contribution in [0.25, 0.3) is 0 Å². The molecule has 0 bridgehead atoms. The maximum atomic E-state index is 12.3. The van der Waals surface area contributed by atoms with Gasteiger partial charge in [0.15, 0.2) is 0 Å². The first-order valence-corrected chi connectivity index (χ1v) is 9.84. The number of carbonyl (C=O) groups is 1. The molecular weight excluding hydrogens is 336 g/mol. The zero-order chi connectivity index (χ0) is 17.9. The van der Waals surface area contributed by atoms with E-state index in [2.05, 4.69) is 4.72 Å². The van der Waals surface area contributed by atoms with Crippen molar-refractivity contribution in [3.8, 4) is 0 Å². The van der Waals surface area contributed by atoms with Crippen LogP contribution < -0.4 is 4.72 Å². The number of likely N-dealkylation sites (tertiary alicyclic amines) is 1. The molecule has 3 rings (SSSR count). The van der Waals surface area contributed by atoms with Crippen LogP contribution in [0.3, 0.4) is 0 Å². The molecule has 0 aromatic heterocycles. The first kappa shape index (κ1) is 17.6. The van der Waals surface area contributed by atoms with Crippen LogP contribution in [-0.4, -0.2) is 25.8 Å². The zero-order valence-corrected chi connectivity index (χ0v) is 15.1. The average molecular weight is 358 g/mol. The summed E-state index contributed by atoms with van der Waals surface area (Å²) in [7, 11) is -3.51. The molecule has 1 aliphatic heterocycles. The summed E-state index contributed by atoms with van der Waals surface area (Å²) in [5.41, 5.74) is 2.96. The third-order valence-electron chi connectivity index (χ3n) is 4.37. The van der Waals surface area contributed by atoms with Gasteiger partial charge in [-0.2, -0.15) is 0 Å². The fourth-order valence-corrected chi connectivity index (χ4v) is 3.85. The fourth-order valence-electron chi connectivity index (χ4n) is 2.83. The first-order valence-electron chi connectivity index (χ1n) is 8.36. The van der Waals surface area contributed by atoms with E-state index in [-0.39, 0.29) is 17.3 Å². The first-order chi connectivity index (χ1) is 11.9. The quantitative estimate of drug-likeness (QED) is 0.863. The van der Waals surface area contributed by atoms with Crippen molar-refractivity contribution in [2.45, 2.75) is 37.8 Å². The molecular formula is C19H22N2O3S. The van der Waals surface area contributed by atoms with Gasteiger partial charge in [-0.3, -0.25) is 4.79 Å². The number of benzene rings is 2. The molecule has 1 heterocycles. The number of aryl methyl sites for hydroxylation is 1. The molecule has 25 heavy (non-hydrogen) atoms. The van der Waals surface area contributed by atoms with Gasteiger partial charge >= 0.3 is 0 Å². The topological polar surface area (TPSA) is 66.5 Å². The SMILES string of the molecule is Cc1ccc(S(=O)(=O)NCc2ccc(CN3CCCC3=O)cc2)cc1. The van der Waals surface area contributed by atoms with Crippen molar-refractivity contribution in [1.82, 2.24) is 9.62 Å². The molecule has 0 spiro atoms. The maximum Gasteiger partial charge on any atom is 0.240 e. The van der Waals surface area contributed by atoms with E-state index in [1.807, 2.05) is 36.1 Å². The van der Waals surface area contributed by atoms with Crippen molar-refractivity contribution >= 4 is 15.9 Å². The van der Waals surface area contributed by atoms with Crippen LogP contribution in [0.4, 0.5) is 0 Å². The van der Waals surface area contributed by atoms with Crippen LogP contribution in [0, 0.1) is 6.92 Å². The van der Waals surface area contributed by atoms with Crippen LogP contribution in [0.2, 0.25) is 0 Å². The lowest BCUT2D eigenvalue weighted by molar-refractivity contribution is -0.128. The second-order valence-electron chi connectivity index (χ2n) is 6.37. The number of hydrogen-bond acceptors (Lipinski definition) is 3. The minimum absolute atomic E-state index is 0.204. The molecule has 1 aliphatic rings. The number of carbonyl (C=O) groups excluding carboxylic acids is 1. The Morgan fingerprint density at radius 2 is 1.64 bits per heavy atom. The molecule has 0 unspecified atom stereocenters. The smallest absolute Gasteiger partial charge is 0.240 e. The lowest BCUT2D eigenvalue weighted by atomic mass is 10.1. The summed E-state index contributed by atoms with van der Waals surface area (Å²) in [6, 6.07) is 14.5. The summed E-state index contributed by atoms with van der Waals surface area (Å²) in [5.74, 6) is 0.204. The number of nitrogens with one attached hydrogen (secondary N) is 1. The Morgan fingerprint density at radius 1 is 1.00 bits per heavy atom. The Balaban J connectivity index is 1.59. The van der Waals surface area contributed by atoms with E-state index in [4.69, 9.17) is 0 Å². The minimum atomic E-state index is -3.51. The van der Waals surface area contributed by atoms with E-state index in [9.17, 15) is 13.2 Å². The normalized spacial score (nSPS) is 14.9. The molecule has 132 valence electrons. The van der Waals surface area contributed by atoms with Crippen molar-refractivity contribution in [2.24, 2.45) is 0 Å². The molecule has 5 nitrogen and oxygen atoms in total. The number of nitrogens with zero attached hydrogens (tertiary/aromatic N) is 1. The average Bonchev–Trinajstić information content (AvgIpc) is 3.00. The number of hydrogen-bond donors (Lipinski definition) is 1. The van der Waals surface area contributed by atoms with Crippen molar-refractivity contribution in [2.75, 3.05) is 6.54 Å². The maximum absolute atomic E-state index is 12.3.